The topological polar surface area (TPSA) is 0 Å². The zero-order valence-corrected chi connectivity index (χ0v) is 6.55. The maximum absolute atomic E-state index is 5.96. The first-order valence-corrected chi connectivity index (χ1v) is 3.23. The summed E-state index contributed by atoms with van der Waals surface area (Å²) in [7, 11) is 0. The fraction of sp³-hybridized carbons (Fsp3) is 0.714. The molecule has 1 heteroatoms. The van der Waals surface area contributed by atoms with Gasteiger partial charge in [-0.25, -0.2) is 0 Å². The third-order valence-corrected chi connectivity index (χ3v) is 2.14. The van der Waals surface area contributed by atoms with Gasteiger partial charge in [-0.1, -0.05) is 19.1 Å². The monoisotopic (exact) mass is 132 g/mol. The van der Waals surface area contributed by atoms with Crippen molar-refractivity contribution in [1.29, 1.82) is 0 Å². The highest BCUT2D eigenvalue weighted by molar-refractivity contribution is 6.25. The van der Waals surface area contributed by atoms with Gasteiger partial charge in [0.15, 0.2) is 0 Å². The van der Waals surface area contributed by atoms with Gasteiger partial charge in [-0.15, -0.1) is 11.6 Å². The van der Waals surface area contributed by atoms with Crippen molar-refractivity contribution in [2.24, 2.45) is 0 Å². The van der Waals surface area contributed by atoms with Gasteiger partial charge in [0.05, 0.1) is 4.87 Å². The molecule has 0 saturated carbocycles. The minimum absolute atomic E-state index is 0.181. The Labute approximate surface area is 56.5 Å². The molecule has 0 nitrogen and oxygen atoms in total. The van der Waals surface area contributed by atoms with Crippen molar-refractivity contribution in [3.8, 4) is 0 Å². The minimum atomic E-state index is -0.181. The number of allylic oxidation sites excluding steroid dienone is 1. The molecule has 48 valence electrons. The van der Waals surface area contributed by atoms with Crippen LogP contribution in [0, 0.1) is 0 Å². The van der Waals surface area contributed by atoms with E-state index in [2.05, 4.69) is 13.5 Å². The SMILES string of the molecule is C=C(C)C(C)(Cl)CC. The third kappa shape index (κ3) is 1.87. The van der Waals surface area contributed by atoms with Crippen molar-refractivity contribution in [3.63, 3.8) is 0 Å². The smallest absolute Gasteiger partial charge is 0.0619 e. The Morgan fingerprint density at radius 1 is 1.75 bits per heavy atom. The summed E-state index contributed by atoms with van der Waals surface area (Å²) in [5, 5.41) is 0. The molecule has 0 aromatic heterocycles. The summed E-state index contributed by atoms with van der Waals surface area (Å²) in [5.41, 5.74) is 1.04. The molecule has 0 rings (SSSR count). The maximum atomic E-state index is 5.96. The molecule has 0 aliphatic carbocycles. The van der Waals surface area contributed by atoms with Gasteiger partial charge in [-0.3, -0.25) is 0 Å². The number of alkyl halides is 1. The van der Waals surface area contributed by atoms with Gasteiger partial charge in [0.25, 0.3) is 0 Å². The molecular weight excluding hydrogens is 120 g/mol. The van der Waals surface area contributed by atoms with Crippen LogP contribution in [-0.2, 0) is 0 Å². The standard InChI is InChI=1S/C7H13Cl/c1-5-7(4,8)6(2)3/h2,5H2,1,3-4H3. The number of hydrogen-bond acceptors (Lipinski definition) is 0. The van der Waals surface area contributed by atoms with E-state index in [9.17, 15) is 0 Å². The summed E-state index contributed by atoms with van der Waals surface area (Å²) in [6.45, 7) is 9.76. The van der Waals surface area contributed by atoms with Crippen molar-refractivity contribution < 1.29 is 0 Å². The summed E-state index contributed by atoms with van der Waals surface area (Å²) in [6.07, 6.45) is 0.948. The molecule has 0 aliphatic rings. The van der Waals surface area contributed by atoms with Crippen LogP contribution in [0.4, 0.5) is 0 Å². The summed E-state index contributed by atoms with van der Waals surface area (Å²) in [6, 6.07) is 0. The Morgan fingerprint density at radius 2 is 2.12 bits per heavy atom. The minimum Gasteiger partial charge on any atom is -0.115 e. The van der Waals surface area contributed by atoms with E-state index in [-0.39, 0.29) is 4.87 Å². The van der Waals surface area contributed by atoms with Crippen molar-refractivity contribution in [1.82, 2.24) is 0 Å². The Morgan fingerprint density at radius 3 is 2.12 bits per heavy atom. The van der Waals surface area contributed by atoms with Crippen LogP contribution in [0.3, 0.4) is 0 Å². The highest BCUT2D eigenvalue weighted by Crippen LogP contribution is 2.25. The lowest BCUT2D eigenvalue weighted by Gasteiger charge is -2.18. The van der Waals surface area contributed by atoms with Crippen LogP contribution in [-0.4, -0.2) is 4.87 Å². The van der Waals surface area contributed by atoms with Gasteiger partial charge in [0, 0.05) is 0 Å². The van der Waals surface area contributed by atoms with Crippen LogP contribution >= 0.6 is 11.6 Å². The first-order valence-electron chi connectivity index (χ1n) is 2.85. The van der Waals surface area contributed by atoms with Crippen LogP contribution in [0.5, 0.6) is 0 Å². The molecule has 0 N–H and O–H groups in total. The average Bonchev–Trinajstić information content (AvgIpc) is 1.67. The lowest BCUT2D eigenvalue weighted by Crippen LogP contribution is -2.14. The van der Waals surface area contributed by atoms with Gasteiger partial charge in [-0.05, 0) is 20.3 Å². The molecule has 0 bridgehead atoms. The average molecular weight is 133 g/mol. The van der Waals surface area contributed by atoms with Gasteiger partial charge < -0.3 is 0 Å². The summed E-state index contributed by atoms with van der Waals surface area (Å²) in [4.78, 5) is -0.181. The van der Waals surface area contributed by atoms with Crippen molar-refractivity contribution in [3.05, 3.63) is 12.2 Å². The molecule has 0 amide bonds. The Balaban J connectivity index is 3.91. The van der Waals surface area contributed by atoms with Crippen molar-refractivity contribution in [2.75, 3.05) is 0 Å². The first-order chi connectivity index (χ1) is 3.50. The van der Waals surface area contributed by atoms with Gasteiger partial charge >= 0.3 is 0 Å². The Bertz CT molecular complexity index is 92.6. The Kier molecular flexibility index (Phi) is 2.55. The van der Waals surface area contributed by atoms with E-state index in [1.165, 1.54) is 0 Å². The first kappa shape index (κ1) is 8.03. The second-order valence-electron chi connectivity index (χ2n) is 2.33. The van der Waals surface area contributed by atoms with Gasteiger partial charge in [-0.2, -0.15) is 0 Å². The molecule has 0 spiro atoms. The third-order valence-electron chi connectivity index (χ3n) is 1.55. The molecule has 0 heterocycles. The fourth-order valence-electron chi connectivity index (χ4n) is 0.302. The fourth-order valence-corrected chi connectivity index (χ4v) is 0.302. The van der Waals surface area contributed by atoms with E-state index >= 15 is 0 Å². The van der Waals surface area contributed by atoms with Crippen LogP contribution in [0.15, 0.2) is 12.2 Å². The molecule has 0 aliphatic heterocycles. The van der Waals surface area contributed by atoms with Crippen LogP contribution in [0.25, 0.3) is 0 Å². The van der Waals surface area contributed by atoms with E-state index in [0.717, 1.165) is 12.0 Å². The van der Waals surface area contributed by atoms with Crippen LogP contribution in [0.2, 0.25) is 0 Å². The van der Waals surface area contributed by atoms with E-state index < -0.39 is 0 Å². The summed E-state index contributed by atoms with van der Waals surface area (Å²) < 4.78 is 0. The van der Waals surface area contributed by atoms with E-state index in [1.54, 1.807) is 0 Å². The second-order valence-corrected chi connectivity index (χ2v) is 3.17. The lowest BCUT2D eigenvalue weighted by atomic mass is 10.0. The predicted molar refractivity (Wildman–Crippen MR) is 39.4 cm³/mol. The highest BCUT2D eigenvalue weighted by Gasteiger charge is 2.17. The molecule has 0 aromatic carbocycles. The van der Waals surface area contributed by atoms with E-state index in [1.807, 2.05) is 13.8 Å². The predicted octanol–water partition coefficient (Wildman–Crippen LogP) is 2.97. The van der Waals surface area contributed by atoms with Crippen molar-refractivity contribution >= 4 is 11.6 Å². The number of rotatable bonds is 2. The molecule has 1 unspecified atom stereocenters. The zero-order valence-electron chi connectivity index (χ0n) is 5.79. The highest BCUT2D eigenvalue weighted by atomic mass is 35.5. The lowest BCUT2D eigenvalue weighted by molar-refractivity contribution is 0.701. The number of halogens is 1. The van der Waals surface area contributed by atoms with Crippen LogP contribution < -0.4 is 0 Å². The number of hydrogen-bond donors (Lipinski definition) is 0. The molecule has 0 radical (unpaired) electrons. The second kappa shape index (κ2) is 2.54. The largest absolute Gasteiger partial charge is 0.115 e. The molecule has 8 heavy (non-hydrogen) atoms. The van der Waals surface area contributed by atoms with E-state index in [0.29, 0.717) is 0 Å². The maximum Gasteiger partial charge on any atom is 0.0619 e. The van der Waals surface area contributed by atoms with Gasteiger partial charge in [0.1, 0.15) is 0 Å². The van der Waals surface area contributed by atoms with Gasteiger partial charge in [0.2, 0.25) is 0 Å². The normalized spacial score (nSPS) is 17.5. The molecule has 0 saturated heterocycles. The van der Waals surface area contributed by atoms with E-state index in [4.69, 9.17) is 11.6 Å². The Hall–Kier alpha value is 0.0300. The summed E-state index contributed by atoms with van der Waals surface area (Å²) in [5.74, 6) is 0. The molecule has 0 aromatic rings. The quantitative estimate of drug-likeness (QED) is 0.400. The summed E-state index contributed by atoms with van der Waals surface area (Å²) >= 11 is 5.96. The van der Waals surface area contributed by atoms with Crippen LogP contribution in [0.1, 0.15) is 27.2 Å². The zero-order chi connectivity index (χ0) is 6.78. The molecule has 0 fully saturated rings. The molecular formula is C7H13Cl. The molecule has 1 atom stereocenters. The van der Waals surface area contributed by atoms with Crippen molar-refractivity contribution in [2.45, 2.75) is 32.1 Å².